The Balaban J connectivity index is 3.20. The Morgan fingerprint density at radius 2 is 1.92 bits per heavy atom. The first kappa shape index (κ1) is 11.2. The normalized spacial score (nSPS) is 11.0. The monoisotopic (exact) mass is 170 g/mol. The fourth-order valence-corrected chi connectivity index (χ4v) is 0.673. The van der Waals surface area contributed by atoms with Crippen LogP contribution in [0.4, 0.5) is 0 Å². The lowest BCUT2D eigenvalue weighted by atomic mass is 10.4. The van der Waals surface area contributed by atoms with E-state index < -0.39 is 0 Å². The summed E-state index contributed by atoms with van der Waals surface area (Å²) in [6, 6.07) is 0.510. The van der Waals surface area contributed by atoms with E-state index in [2.05, 4.69) is 24.5 Å². The number of carbonyl (C=O) groups is 1. The Morgan fingerprint density at radius 1 is 1.33 bits per heavy atom. The molecule has 0 fully saturated rings. The summed E-state index contributed by atoms with van der Waals surface area (Å²) in [6.07, 6.45) is 3.95. The molecular formula is C9H18N2O. The van der Waals surface area contributed by atoms with Gasteiger partial charge in [0.1, 0.15) is 0 Å². The molecule has 0 saturated carbocycles. The molecule has 0 atom stereocenters. The highest BCUT2D eigenvalue weighted by Crippen LogP contribution is 1.76. The van der Waals surface area contributed by atoms with Crippen LogP contribution in [0.15, 0.2) is 12.2 Å². The second kappa shape index (κ2) is 6.85. The molecular weight excluding hydrogens is 152 g/mol. The molecule has 1 amide bonds. The van der Waals surface area contributed by atoms with Crippen LogP contribution in [0.5, 0.6) is 0 Å². The van der Waals surface area contributed by atoms with Crippen LogP contribution in [-0.2, 0) is 4.79 Å². The van der Waals surface area contributed by atoms with Crippen molar-refractivity contribution >= 4 is 5.91 Å². The summed E-state index contributed by atoms with van der Waals surface area (Å²) in [6.45, 7) is 7.19. The van der Waals surface area contributed by atoms with Crippen molar-refractivity contribution in [1.82, 2.24) is 10.6 Å². The highest BCUT2D eigenvalue weighted by Gasteiger charge is 1.87. The predicted molar refractivity (Wildman–Crippen MR) is 51.0 cm³/mol. The van der Waals surface area contributed by atoms with Crippen molar-refractivity contribution in [3.63, 3.8) is 0 Å². The van der Waals surface area contributed by atoms with E-state index >= 15 is 0 Å². The smallest absolute Gasteiger partial charge is 0.217 e. The van der Waals surface area contributed by atoms with Gasteiger partial charge in [-0.25, -0.2) is 0 Å². The Labute approximate surface area is 74.2 Å². The van der Waals surface area contributed by atoms with Crippen molar-refractivity contribution in [3.05, 3.63) is 12.2 Å². The molecule has 12 heavy (non-hydrogen) atoms. The third-order valence-electron chi connectivity index (χ3n) is 1.28. The molecule has 0 unspecified atom stereocenters. The van der Waals surface area contributed by atoms with Gasteiger partial charge in [-0.2, -0.15) is 0 Å². The minimum absolute atomic E-state index is 0.0106. The van der Waals surface area contributed by atoms with Crippen LogP contribution in [0.3, 0.4) is 0 Å². The van der Waals surface area contributed by atoms with Gasteiger partial charge in [-0.15, -0.1) is 0 Å². The average Bonchev–Trinajstić information content (AvgIpc) is 1.95. The van der Waals surface area contributed by atoms with E-state index in [0.717, 1.165) is 6.54 Å². The first-order chi connectivity index (χ1) is 5.63. The van der Waals surface area contributed by atoms with E-state index in [1.54, 1.807) is 0 Å². The Kier molecular flexibility index (Phi) is 6.38. The molecule has 0 bridgehead atoms. The number of rotatable bonds is 5. The van der Waals surface area contributed by atoms with E-state index in [1.807, 2.05) is 12.2 Å². The SMILES string of the molecule is CC(=O)NC/C=C/CNC(C)C. The zero-order valence-electron chi connectivity index (χ0n) is 8.05. The lowest BCUT2D eigenvalue weighted by Gasteiger charge is -2.03. The van der Waals surface area contributed by atoms with E-state index in [9.17, 15) is 4.79 Å². The number of hydrogen-bond donors (Lipinski definition) is 2. The number of amides is 1. The molecule has 0 aromatic rings. The molecule has 70 valence electrons. The van der Waals surface area contributed by atoms with Gasteiger partial charge < -0.3 is 10.6 Å². The van der Waals surface area contributed by atoms with E-state index in [1.165, 1.54) is 6.92 Å². The van der Waals surface area contributed by atoms with Gasteiger partial charge in [0.25, 0.3) is 0 Å². The second-order valence-electron chi connectivity index (χ2n) is 2.97. The van der Waals surface area contributed by atoms with Gasteiger partial charge in [0.2, 0.25) is 5.91 Å². The van der Waals surface area contributed by atoms with Crippen LogP contribution in [0, 0.1) is 0 Å². The zero-order chi connectivity index (χ0) is 9.40. The van der Waals surface area contributed by atoms with Crippen LogP contribution in [0.2, 0.25) is 0 Å². The minimum Gasteiger partial charge on any atom is -0.353 e. The van der Waals surface area contributed by atoms with Crippen LogP contribution >= 0.6 is 0 Å². The Morgan fingerprint density at radius 3 is 2.42 bits per heavy atom. The van der Waals surface area contributed by atoms with Crippen molar-refractivity contribution in [3.8, 4) is 0 Å². The number of nitrogens with one attached hydrogen (secondary N) is 2. The Hall–Kier alpha value is -0.830. The van der Waals surface area contributed by atoms with Gasteiger partial charge in [0, 0.05) is 26.1 Å². The molecule has 0 aliphatic rings. The molecule has 0 rings (SSSR count). The Bertz CT molecular complexity index is 153. The predicted octanol–water partition coefficient (Wildman–Crippen LogP) is 0.677. The average molecular weight is 170 g/mol. The van der Waals surface area contributed by atoms with Crippen LogP contribution < -0.4 is 10.6 Å². The van der Waals surface area contributed by atoms with Crippen LogP contribution in [-0.4, -0.2) is 25.0 Å². The molecule has 3 heteroatoms. The van der Waals surface area contributed by atoms with Crippen molar-refractivity contribution < 1.29 is 4.79 Å². The lowest BCUT2D eigenvalue weighted by Crippen LogP contribution is -2.23. The number of carbonyl (C=O) groups excluding carboxylic acids is 1. The summed E-state index contributed by atoms with van der Waals surface area (Å²) >= 11 is 0. The molecule has 0 spiro atoms. The quantitative estimate of drug-likeness (QED) is 0.596. The summed E-state index contributed by atoms with van der Waals surface area (Å²) in [7, 11) is 0. The minimum atomic E-state index is 0.0106. The maximum atomic E-state index is 10.4. The van der Waals surface area contributed by atoms with Crippen molar-refractivity contribution in [1.29, 1.82) is 0 Å². The molecule has 3 nitrogen and oxygen atoms in total. The van der Waals surface area contributed by atoms with Gasteiger partial charge in [0.15, 0.2) is 0 Å². The van der Waals surface area contributed by atoms with Crippen molar-refractivity contribution in [2.45, 2.75) is 26.8 Å². The second-order valence-corrected chi connectivity index (χ2v) is 2.97. The fraction of sp³-hybridized carbons (Fsp3) is 0.667. The zero-order valence-corrected chi connectivity index (χ0v) is 8.05. The van der Waals surface area contributed by atoms with Gasteiger partial charge in [-0.1, -0.05) is 26.0 Å². The third kappa shape index (κ3) is 9.17. The topological polar surface area (TPSA) is 41.1 Å². The molecule has 2 N–H and O–H groups in total. The maximum Gasteiger partial charge on any atom is 0.217 e. The first-order valence-electron chi connectivity index (χ1n) is 4.25. The summed E-state index contributed by atoms with van der Waals surface area (Å²) in [5.74, 6) is 0.0106. The van der Waals surface area contributed by atoms with E-state index in [4.69, 9.17) is 0 Å². The van der Waals surface area contributed by atoms with Crippen LogP contribution in [0.25, 0.3) is 0 Å². The molecule has 0 aliphatic carbocycles. The molecule has 0 radical (unpaired) electrons. The fourth-order valence-electron chi connectivity index (χ4n) is 0.673. The van der Waals surface area contributed by atoms with Crippen molar-refractivity contribution in [2.24, 2.45) is 0 Å². The van der Waals surface area contributed by atoms with Gasteiger partial charge in [-0.3, -0.25) is 4.79 Å². The van der Waals surface area contributed by atoms with Gasteiger partial charge in [-0.05, 0) is 0 Å². The molecule has 0 heterocycles. The van der Waals surface area contributed by atoms with Gasteiger partial charge >= 0.3 is 0 Å². The van der Waals surface area contributed by atoms with Gasteiger partial charge in [0.05, 0.1) is 0 Å². The summed E-state index contributed by atoms with van der Waals surface area (Å²) < 4.78 is 0. The third-order valence-corrected chi connectivity index (χ3v) is 1.28. The molecule has 0 aliphatic heterocycles. The molecule has 0 aromatic heterocycles. The first-order valence-corrected chi connectivity index (χ1v) is 4.25. The lowest BCUT2D eigenvalue weighted by molar-refractivity contribution is -0.118. The summed E-state index contributed by atoms with van der Waals surface area (Å²) in [5, 5.41) is 5.91. The summed E-state index contributed by atoms with van der Waals surface area (Å²) in [5.41, 5.74) is 0. The van der Waals surface area contributed by atoms with E-state index in [-0.39, 0.29) is 5.91 Å². The van der Waals surface area contributed by atoms with Crippen LogP contribution in [0.1, 0.15) is 20.8 Å². The van der Waals surface area contributed by atoms with E-state index in [0.29, 0.717) is 12.6 Å². The highest BCUT2D eigenvalue weighted by molar-refractivity contribution is 5.72. The maximum absolute atomic E-state index is 10.4. The standard InChI is InChI=1S/C9H18N2O/c1-8(2)10-6-4-5-7-11-9(3)12/h4-5,8,10H,6-7H2,1-3H3,(H,11,12)/b5-4+. The number of hydrogen-bond acceptors (Lipinski definition) is 2. The van der Waals surface area contributed by atoms with Crippen molar-refractivity contribution in [2.75, 3.05) is 13.1 Å². The molecule has 0 saturated heterocycles. The largest absolute Gasteiger partial charge is 0.353 e. The summed E-state index contributed by atoms with van der Waals surface area (Å²) in [4.78, 5) is 10.4. The molecule has 0 aromatic carbocycles. The highest BCUT2D eigenvalue weighted by atomic mass is 16.1.